The number of hydrogen-bond acceptors (Lipinski definition) is 2. The molecule has 0 saturated heterocycles. The van der Waals surface area contributed by atoms with Gasteiger partial charge in [-0.2, -0.15) is 0 Å². The van der Waals surface area contributed by atoms with Gasteiger partial charge in [0.15, 0.2) is 0 Å². The van der Waals surface area contributed by atoms with Crippen molar-refractivity contribution >= 4 is 130 Å². The van der Waals surface area contributed by atoms with Crippen LogP contribution < -0.4 is 0 Å². The van der Waals surface area contributed by atoms with Gasteiger partial charge in [0.05, 0.1) is 0 Å². The van der Waals surface area contributed by atoms with Crippen molar-refractivity contribution < 1.29 is 8.83 Å². The van der Waals surface area contributed by atoms with Crippen LogP contribution in [0.4, 0.5) is 0 Å². The summed E-state index contributed by atoms with van der Waals surface area (Å²) >= 11 is 0. The zero-order valence-corrected chi connectivity index (χ0v) is 51.0. The lowest BCUT2D eigenvalue weighted by atomic mass is 9.82. The molecule has 94 heavy (non-hydrogen) atoms. The molecule has 0 N–H and O–H groups in total. The Kier molecular flexibility index (Phi) is 11.5. The lowest BCUT2D eigenvalue weighted by Crippen LogP contribution is -1.94. The largest absolute Gasteiger partial charge is 0.456 e. The third-order valence-corrected chi connectivity index (χ3v) is 20.2. The Morgan fingerprint density at radius 1 is 0.138 bits per heavy atom. The summed E-state index contributed by atoms with van der Waals surface area (Å²) in [5.41, 5.74) is 20.0. The normalized spacial score (nSPS) is 12.0. The monoisotopic (exact) mass is 1190 g/mol. The van der Waals surface area contributed by atoms with E-state index in [9.17, 15) is 0 Å². The molecule has 0 amide bonds. The van der Waals surface area contributed by atoms with Gasteiger partial charge < -0.3 is 8.83 Å². The maximum atomic E-state index is 6.66. The first-order valence-corrected chi connectivity index (χ1v) is 32.4. The molecule has 0 radical (unpaired) electrons. The van der Waals surface area contributed by atoms with E-state index in [1.54, 1.807) is 0 Å². The van der Waals surface area contributed by atoms with E-state index in [2.05, 4.69) is 315 Å². The van der Waals surface area contributed by atoms with Crippen LogP contribution in [0.2, 0.25) is 0 Å². The smallest absolute Gasteiger partial charge is 0.136 e. The highest BCUT2D eigenvalue weighted by atomic mass is 16.3. The highest BCUT2D eigenvalue weighted by Crippen LogP contribution is 2.52. The molecule has 0 aliphatic carbocycles. The van der Waals surface area contributed by atoms with Crippen LogP contribution in [-0.4, -0.2) is 0 Å². The third kappa shape index (κ3) is 7.97. The summed E-state index contributed by atoms with van der Waals surface area (Å²) in [4.78, 5) is 0. The van der Waals surface area contributed by atoms with Gasteiger partial charge in [-0.1, -0.05) is 273 Å². The molecule has 0 aliphatic rings. The summed E-state index contributed by atoms with van der Waals surface area (Å²) in [5, 5.41) is 23.7. The molecule has 2 aromatic heterocycles. The molecule has 0 atom stereocenters. The van der Waals surface area contributed by atoms with Crippen LogP contribution in [0.3, 0.4) is 0 Å². The molecule has 434 valence electrons. The molecular formula is C92H54O2. The molecule has 20 rings (SSSR count). The molecule has 0 unspecified atom stereocenters. The number of benzene rings is 18. The Bertz CT molecular complexity index is 6550. The predicted octanol–water partition coefficient (Wildman–Crippen LogP) is 26.4. The van der Waals surface area contributed by atoms with E-state index in [1.165, 1.54) is 142 Å². The van der Waals surface area contributed by atoms with Crippen molar-refractivity contribution in [2.24, 2.45) is 0 Å². The van der Waals surface area contributed by atoms with E-state index in [1.807, 2.05) is 12.1 Å². The lowest BCUT2D eigenvalue weighted by molar-refractivity contribution is 0.668. The first-order valence-electron chi connectivity index (χ1n) is 32.4. The van der Waals surface area contributed by atoms with Crippen LogP contribution in [0.5, 0.6) is 0 Å². The van der Waals surface area contributed by atoms with Crippen molar-refractivity contribution in [3.63, 3.8) is 0 Å². The second kappa shape index (κ2) is 20.6. The van der Waals surface area contributed by atoms with Gasteiger partial charge in [-0.05, 0) is 219 Å². The second-order valence-electron chi connectivity index (χ2n) is 25.2. The predicted molar refractivity (Wildman–Crippen MR) is 399 cm³/mol. The van der Waals surface area contributed by atoms with Crippen molar-refractivity contribution in [2.45, 2.75) is 0 Å². The first-order chi connectivity index (χ1) is 46.6. The van der Waals surface area contributed by atoms with Crippen molar-refractivity contribution in [1.29, 1.82) is 0 Å². The maximum absolute atomic E-state index is 6.66. The fourth-order valence-electron chi connectivity index (χ4n) is 16.0. The number of para-hydroxylation sites is 2. The minimum atomic E-state index is 0.876. The van der Waals surface area contributed by atoms with Crippen LogP contribution in [0, 0.1) is 0 Å². The summed E-state index contributed by atoms with van der Waals surface area (Å²) in [7, 11) is 0. The quantitative estimate of drug-likeness (QED) is 0.149. The van der Waals surface area contributed by atoms with Crippen LogP contribution >= 0.6 is 0 Å². The molecule has 0 fully saturated rings. The standard InChI is InChI=1S/C92H54O2/c1-2-20-57-50-60(37-36-55(57)18-1)64-46-48-81(91-77-30-10-7-27-74(77)89(75-28-8-11-31-78(75)91)61-40-43-72-70-25-13-15-34-85(70)93-87(72)53-61)83-51-58(38-42-68(64)83)59-39-45-82-84(52-59)92(80-49-47-69(66-23-5-6-24-67(66)80)65-33-17-21-56-19-3-4-22-63(56)65)79-32-12-9-29-76(79)90(82)62-41-44-73-71-26-14-16-35-86(71)94-88(73)54-62/h1-54H. The van der Waals surface area contributed by atoms with Gasteiger partial charge >= 0.3 is 0 Å². The highest BCUT2D eigenvalue weighted by molar-refractivity contribution is 6.28. The van der Waals surface area contributed by atoms with E-state index in [0.29, 0.717) is 0 Å². The van der Waals surface area contributed by atoms with Crippen molar-refractivity contribution in [2.75, 3.05) is 0 Å². The Labute approximate surface area is 541 Å². The summed E-state index contributed by atoms with van der Waals surface area (Å²) < 4.78 is 13.2. The molecule has 20 aromatic rings. The molecule has 2 heteroatoms. The van der Waals surface area contributed by atoms with E-state index in [-0.39, 0.29) is 0 Å². The lowest BCUT2D eigenvalue weighted by Gasteiger charge is -2.21. The molecular weight excluding hydrogens is 1140 g/mol. The number of hydrogen-bond donors (Lipinski definition) is 0. The van der Waals surface area contributed by atoms with Gasteiger partial charge in [0.1, 0.15) is 22.3 Å². The Hall–Kier alpha value is -12.4. The number of furan rings is 2. The van der Waals surface area contributed by atoms with Gasteiger partial charge in [0.2, 0.25) is 0 Å². The molecule has 18 aromatic carbocycles. The molecule has 0 aliphatic heterocycles. The minimum absolute atomic E-state index is 0.876. The summed E-state index contributed by atoms with van der Waals surface area (Å²) in [5.74, 6) is 0. The van der Waals surface area contributed by atoms with Crippen LogP contribution in [-0.2, 0) is 0 Å². The van der Waals surface area contributed by atoms with Crippen molar-refractivity contribution in [3.05, 3.63) is 328 Å². The number of fused-ring (bicyclic) bond motifs is 14. The molecule has 0 saturated carbocycles. The van der Waals surface area contributed by atoms with Gasteiger partial charge in [-0.3, -0.25) is 0 Å². The molecule has 0 bridgehead atoms. The Morgan fingerprint density at radius 3 is 1.09 bits per heavy atom. The molecule has 2 nitrogen and oxygen atoms in total. The fourth-order valence-corrected chi connectivity index (χ4v) is 16.0. The SMILES string of the molecule is c1ccc2cc(-c3ccc(-c4c5ccccc5c(-c5ccc6c(c5)oc5ccccc56)c5ccccc45)c4cc(-c5ccc6c(-c7ccc8c(c7)oc7ccccc78)c7ccccc7c(-c7ccc(-c8cccc9ccccc89)c8ccccc78)c6c5)ccc34)ccc2c1. The fraction of sp³-hybridized carbons (Fsp3) is 0. The second-order valence-corrected chi connectivity index (χ2v) is 25.2. The van der Waals surface area contributed by atoms with Crippen LogP contribution in [0.15, 0.2) is 336 Å². The van der Waals surface area contributed by atoms with Crippen molar-refractivity contribution in [3.8, 4) is 77.9 Å². The maximum Gasteiger partial charge on any atom is 0.136 e. The first kappa shape index (κ1) is 52.4. The van der Waals surface area contributed by atoms with Gasteiger partial charge in [-0.15, -0.1) is 0 Å². The topological polar surface area (TPSA) is 26.3 Å². The van der Waals surface area contributed by atoms with E-state index in [0.717, 1.165) is 66.1 Å². The highest BCUT2D eigenvalue weighted by Gasteiger charge is 2.24. The number of rotatable bonds is 7. The van der Waals surface area contributed by atoms with Crippen LogP contribution in [0.25, 0.3) is 208 Å². The van der Waals surface area contributed by atoms with Gasteiger partial charge in [0.25, 0.3) is 0 Å². The average molecular weight is 1190 g/mol. The van der Waals surface area contributed by atoms with Gasteiger partial charge in [0, 0.05) is 21.5 Å². The van der Waals surface area contributed by atoms with E-state index in [4.69, 9.17) is 8.83 Å². The summed E-state index contributed by atoms with van der Waals surface area (Å²) in [6.45, 7) is 0. The minimum Gasteiger partial charge on any atom is -0.456 e. The van der Waals surface area contributed by atoms with E-state index >= 15 is 0 Å². The van der Waals surface area contributed by atoms with Crippen molar-refractivity contribution in [1.82, 2.24) is 0 Å². The van der Waals surface area contributed by atoms with E-state index < -0.39 is 0 Å². The summed E-state index contributed by atoms with van der Waals surface area (Å²) in [6.07, 6.45) is 0. The van der Waals surface area contributed by atoms with Gasteiger partial charge in [-0.25, -0.2) is 0 Å². The average Bonchev–Trinajstić information content (AvgIpc) is 0.804. The molecule has 0 spiro atoms. The Morgan fingerprint density at radius 2 is 0.489 bits per heavy atom. The van der Waals surface area contributed by atoms with Crippen LogP contribution in [0.1, 0.15) is 0 Å². The summed E-state index contributed by atoms with van der Waals surface area (Å²) in [6, 6.07) is 121. The zero-order valence-electron chi connectivity index (χ0n) is 51.0. The Balaban J connectivity index is 0.851. The molecule has 2 heterocycles. The third-order valence-electron chi connectivity index (χ3n) is 20.2. The zero-order chi connectivity index (χ0) is 61.5.